The fraction of sp³-hybridized carbons (Fsp3) is 0.571. The van der Waals surface area contributed by atoms with Crippen LogP contribution in [0.4, 0.5) is 11.4 Å². The quantitative estimate of drug-likeness (QED) is 0.884. The maximum Gasteiger partial charge on any atom is 0.0614 e. The molecule has 19 heavy (non-hydrogen) atoms. The van der Waals surface area contributed by atoms with E-state index in [4.69, 9.17) is 0 Å². The van der Waals surface area contributed by atoms with Crippen molar-refractivity contribution in [2.24, 2.45) is 0 Å². The monoisotopic (exact) mass is 324 g/mol. The molecule has 1 aromatic rings. The Labute approximate surface area is 123 Å². The van der Waals surface area contributed by atoms with Gasteiger partial charge in [-0.1, -0.05) is 15.9 Å². The third kappa shape index (κ3) is 3.22. The third-order valence-corrected chi connectivity index (χ3v) is 4.39. The number of halogens is 1. The van der Waals surface area contributed by atoms with Gasteiger partial charge >= 0.3 is 0 Å². The number of anilines is 2. The molecule has 2 heterocycles. The summed E-state index contributed by atoms with van der Waals surface area (Å²) in [6, 6.07) is 6.49. The first kappa shape index (κ1) is 13.2. The van der Waals surface area contributed by atoms with E-state index in [1.807, 2.05) is 0 Å². The van der Waals surface area contributed by atoms with Crippen LogP contribution in [-0.4, -0.2) is 57.3 Å². The van der Waals surface area contributed by atoms with Crippen LogP contribution in [0.2, 0.25) is 0 Å². The molecule has 2 N–H and O–H groups in total. The Balaban J connectivity index is 1.64. The Kier molecular flexibility index (Phi) is 4.25. The van der Waals surface area contributed by atoms with Crippen LogP contribution in [0, 0.1) is 0 Å². The van der Waals surface area contributed by atoms with Gasteiger partial charge in [-0.3, -0.25) is 4.90 Å². The molecule has 2 aliphatic heterocycles. The Bertz CT molecular complexity index is 431. The molecule has 0 saturated carbocycles. The zero-order valence-electron chi connectivity index (χ0n) is 11.2. The summed E-state index contributed by atoms with van der Waals surface area (Å²) in [5, 5.41) is 6.88. The average Bonchev–Trinajstić information content (AvgIpc) is 2.46. The third-order valence-electron chi connectivity index (χ3n) is 3.89. The highest BCUT2D eigenvalue weighted by atomic mass is 79.9. The van der Waals surface area contributed by atoms with Gasteiger partial charge in [-0.15, -0.1) is 0 Å². The lowest BCUT2D eigenvalue weighted by Gasteiger charge is -2.35. The normalized spacial score (nSPS) is 19.9. The van der Waals surface area contributed by atoms with Crippen LogP contribution in [0.1, 0.15) is 0 Å². The van der Waals surface area contributed by atoms with Crippen molar-refractivity contribution >= 4 is 27.3 Å². The number of nitrogens with one attached hydrogen (secondary N) is 2. The summed E-state index contributed by atoms with van der Waals surface area (Å²) in [6.07, 6.45) is 0. The van der Waals surface area contributed by atoms with Crippen LogP contribution in [-0.2, 0) is 0 Å². The molecule has 0 aliphatic carbocycles. The molecule has 1 fully saturated rings. The van der Waals surface area contributed by atoms with E-state index in [0.717, 1.165) is 43.7 Å². The number of benzene rings is 1. The van der Waals surface area contributed by atoms with Crippen LogP contribution in [0.5, 0.6) is 0 Å². The number of fused-ring (bicyclic) bond motifs is 1. The van der Waals surface area contributed by atoms with E-state index in [1.54, 1.807) is 0 Å². The van der Waals surface area contributed by atoms with Crippen molar-refractivity contribution in [3.63, 3.8) is 0 Å². The van der Waals surface area contributed by atoms with Crippen molar-refractivity contribution < 1.29 is 0 Å². The first-order chi connectivity index (χ1) is 9.33. The average molecular weight is 325 g/mol. The van der Waals surface area contributed by atoms with Gasteiger partial charge in [0.05, 0.1) is 11.4 Å². The van der Waals surface area contributed by atoms with Crippen molar-refractivity contribution in [2.75, 3.05) is 62.6 Å². The van der Waals surface area contributed by atoms with Crippen molar-refractivity contribution in [3.05, 3.63) is 22.7 Å². The largest absolute Gasteiger partial charge is 0.382 e. The fourth-order valence-corrected chi connectivity index (χ4v) is 3.14. The van der Waals surface area contributed by atoms with Crippen LogP contribution in [0.15, 0.2) is 22.7 Å². The van der Waals surface area contributed by atoms with Crippen molar-refractivity contribution in [1.82, 2.24) is 10.2 Å². The zero-order chi connectivity index (χ0) is 13.1. The second kappa shape index (κ2) is 6.11. The van der Waals surface area contributed by atoms with Gasteiger partial charge in [0.2, 0.25) is 0 Å². The highest BCUT2D eigenvalue weighted by Crippen LogP contribution is 2.31. The Morgan fingerprint density at radius 1 is 1.05 bits per heavy atom. The van der Waals surface area contributed by atoms with E-state index >= 15 is 0 Å². The van der Waals surface area contributed by atoms with E-state index in [1.165, 1.54) is 24.5 Å². The van der Waals surface area contributed by atoms with Gasteiger partial charge in [-0.25, -0.2) is 0 Å². The van der Waals surface area contributed by atoms with Crippen LogP contribution in [0.3, 0.4) is 0 Å². The van der Waals surface area contributed by atoms with E-state index in [2.05, 4.69) is 54.6 Å². The molecule has 0 aromatic heterocycles. The molecule has 0 atom stereocenters. The van der Waals surface area contributed by atoms with E-state index in [-0.39, 0.29) is 0 Å². The number of piperazine rings is 1. The molecule has 1 aromatic carbocycles. The molecule has 0 bridgehead atoms. The highest BCUT2D eigenvalue weighted by molar-refractivity contribution is 9.10. The number of rotatable bonds is 3. The summed E-state index contributed by atoms with van der Waals surface area (Å²) in [5.41, 5.74) is 2.59. The van der Waals surface area contributed by atoms with E-state index in [9.17, 15) is 0 Å². The highest BCUT2D eigenvalue weighted by Gasteiger charge is 2.18. The van der Waals surface area contributed by atoms with Crippen molar-refractivity contribution in [2.45, 2.75) is 0 Å². The van der Waals surface area contributed by atoms with Gasteiger partial charge in [-0.05, 0) is 18.2 Å². The SMILES string of the molecule is Brc1ccc2c(c1)N(CCN1CCNCC1)CCN2. The Hall–Kier alpha value is -0.780. The molecular formula is C14H21BrN4. The summed E-state index contributed by atoms with van der Waals surface area (Å²) in [6.45, 7) is 9.02. The van der Waals surface area contributed by atoms with Crippen LogP contribution < -0.4 is 15.5 Å². The number of nitrogens with zero attached hydrogens (tertiary/aromatic N) is 2. The van der Waals surface area contributed by atoms with Crippen LogP contribution in [0.25, 0.3) is 0 Å². The first-order valence-corrected chi connectivity index (χ1v) is 7.84. The molecule has 1 saturated heterocycles. The van der Waals surface area contributed by atoms with Gasteiger partial charge in [0, 0.05) is 56.8 Å². The van der Waals surface area contributed by atoms with Gasteiger partial charge in [0.15, 0.2) is 0 Å². The zero-order valence-corrected chi connectivity index (χ0v) is 12.7. The minimum absolute atomic E-state index is 1.04. The number of hydrogen-bond donors (Lipinski definition) is 2. The van der Waals surface area contributed by atoms with Gasteiger partial charge in [0.25, 0.3) is 0 Å². The maximum absolute atomic E-state index is 3.57. The lowest BCUT2D eigenvalue weighted by atomic mass is 10.2. The van der Waals surface area contributed by atoms with Gasteiger partial charge < -0.3 is 15.5 Å². The summed E-state index contributed by atoms with van der Waals surface area (Å²) in [5.74, 6) is 0. The summed E-state index contributed by atoms with van der Waals surface area (Å²) in [4.78, 5) is 5.05. The lowest BCUT2D eigenvalue weighted by molar-refractivity contribution is 0.245. The fourth-order valence-electron chi connectivity index (χ4n) is 2.79. The summed E-state index contributed by atoms with van der Waals surface area (Å²) >= 11 is 3.57. The molecule has 3 rings (SSSR count). The topological polar surface area (TPSA) is 30.5 Å². The Morgan fingerprint density at radius 2 is 1.89 bits per heavy atom. The minimum atomic E-state index is 1.04. The first-order valence-electron chi connectivity index (χ1n) is 7.04. The predicted molar refractivity (Wildman–Crippen MR) is 84.2 cm³/mol. The van der Waals surface area contributed by atoms with E-state index in [0.29, 0.717) is 0 Å². The van der Waals surface area contributed by atoms with Gasteiger partial charge in [0.1, 0.15) is 0 Å². The standard InChI is InChI=1S/C14H21BrN4/c15-12-1-2-13-14(11-12)19(8-5-17-13)10-9-18-6-3-16-4-7-18/h1-2,11,16-17H,3-10H2. The van der Waals surface area contributed by atoms with Crippen LogP contribution >= 0.6 is 15.9 Å². The van der Waals surface area contributed by atoms with Gasteiger partial charge in [-0.2, -0.15) is 0 Å². The molecule has 0 unspecified atom stereocenters. The summed E-state index contributed by atoms with van der Waals surface area (Å²) in [7, 11) is 0. The second-order valence-electron chi connectivity index (χ2n) is 5.17. The molecule has 104 valence electrons. The molecule has 5 heteroatoms. The Morgan fingerprint density at radius 3 is 2.74 bits per heavy atom. The van der Waals surface area contributed by atoms with Crippen molar-refractivity contribution in [3.8, 4) is 0 Å². The second-order valence-corrected chi connectivity index (χ2v) is 6.08. The lowest BCUT2D eigenvalue weighted by Crippen LogP contribution is -2.47. The number of hydrogen-bond acceptors (Lipinski definition) is 4. The van der Waals surface area contributed by atoms with Crippen molar-refractivity contribution in [1.29, 1.82) is 0 Å². The molecule has 0 spiro atoms. The summed E-state index contributed by atoms with van der Waals surface area (Å²) < 4.78 is 1.15. The smallest absolute Gasteiger partial charge is 0.0614 e. The molecule has 2 aliphatic rings. The molecule has 0 amide bonds. The van der Waals surface area contributed by atoms with E-state index < -0.39 is 0 Å². The maximum atomic E-state index is 3.57. The molecule has 0 radical (unpaired) electrons. The minimum Gasteiger partial charge on any atom is -0.382 e. The molecular weight excluding hydrogens is 304 g/mol. The molecule has 4 nitrogen and oxygen atoms in total. The predicted octanol–water partition coefficient (Wildman–Crippen LogP) is 1.59.